The molecule has 4 saturated carbocycles. The Morgan fingerprint density at radius 1 is 1.26 bits per heavy atom. The number of aromatic amines is 1. The highest BCUT2D eigenvalue weighted by Crippen LogP contribution is 2.59. The van der Waals surface area contributed by atoms with Gasteiger partial charge in [0.15, 0.2) is 5.82 Å². The molecular formula is C19H23N5O3. The monoisotopic (exact) mass is 369 g/mol. The number of rotatable bonds is 4. The molecule has 142 valence electrons. The molecule has 0 saturated heterocycles. The number of aromatic nitrogens is 4. The van der Waals surface area contributed by atoms with Crippen LogP contribution in [0.3, 0.4) is 0 Å². The molecule has 0 radical (unpaired) electrons. The number of aryl methyl sites for hydroxylation is 1. The van der Waals surface area contributed by atoms with Gasteiger partial charge in [-0.25, -0.2) is 4.98 Å². The third-order valence-electron chi connectivity index (χ3n) is 6.56. The van der Waals surface area contributed by atoms with Crippen molar-refractivity contribution in [2.75, 3.05) is 0 Å². The van der Waals surface area contributed by atoms with Crippen LogP contribution >= 0.6 is 0 Å². The summed E-state index contributed by atoms with van der Waals surface area (Å²) in [4.78, 5) is 36.4. The van der Waals surface area contributed by atoms with Crippen LogP contribution in [0.25, 0.3) is 0 Å². The van der Waals surface area contributed by atoms with Crippen molar-refractivity contribution in [2.45, 2.75) is 57.4 Å². The molecule has 6 rings (SSSR count). The largest absolute Gasteiger partial charge is 0.344 e. The lowest BCUT2D eigenvalue weighted by atomic mass is 9.49. The predicted octanol–water partition coefficient (Wildman–Crippen LogP) is 1.86. The molecule has 0 aliphatic heterocycles. The molecule has 4 aliphatic carbocycles. The van der Waals surface area contributed by atoms with Crippen LogP contribution in [0.1, 0.15) is 66.4 Å². The van der Waals surface area contributed by atoms with E-state index >= 15 is 0 Å². The van der Waals surface area contributed by atoms with Gasteiger partial charge in [0.25, 0.3) is 11.5 Å². The van der Waals surface area contributed by atoms with Gasteiger partial charge in [-0.3, -0.25) is 9.59 Å². The van der Waals surface area contributed by atoms with E-state index in [1.54, 1.807) is 6.92 Å². The van der Waals surface area contributed by atoms with Gasteiger partial charge in [0, 0.05) is 18.5 Å². The summed E-state index contributed by atoms with van der Waals surface area (Å²) in [6.45, 7) is 1.78. The summed E-state index contributed by atoms with van der Waals surface area (Å²) in [5.41, 5.74) is -0.355. The zero-order valence-corrected chi connectivity index (χ0v) is 15.3. The van der Waals surface area contributed by atoms with Crippen LogP contribution in [0, 0.1) is 24.7 Å². The first-order valence-electron chi connectivity index (χ1n) is 9.68. The maximum absolute atomic E-state index is 12.6. The zero-order chi connectivity index (χ0) is 18.6. The Balaban J connectivity index is 1.35. The van der Waals surface area contributed by atoms with Gasteiger partial charge in [-0.15, -0.1) is 0 Å². The lowest BCUT2D eigenvalue weighted by Gasteiger charge is -2.56. The van der Waals surface area contributed by atoms with Crippen molar-refractivity contribution in [2.24, 2.45) is 17.8 Å². The number of nitrogens with zero attached hydrogens (tertiary/aromatic N) is 3. The fraction of sp³-hybridized carbons (Fsp3) is 0.632. The van der Waals surface area contributed by atoms with Gasteiger partial charge >= 0.3 is 0 Å². The predicted molar refractivity (Wildman–Crippen MR) is 94.9 cm³/mol. The van der Waals surface area contributed by atoms with Crippen LogP contribution in [0.15, 0.2) is 15.5 Å². The van der Waals surface area contributed by atoms with Crippen molar-refractivity contribution in [3.63, 3.8) is 0 Å². The molecule has 8 nitrogen and oxygen atoms in total. The molecule has 0 aromatic carbocycles. The van der Waals surface area contributed by atoms with Crippen LogP contribution in [-0.2, 0) is 12.0 Å². The Labute approximate surface area is 156 Å². The Morgan fingerprint density at radius 2 is 1.93 bits per heavy atom. The first kappa shape index (κ1) is 16.6. The highest BCUT2D eigenvalue weighted by molar-refractivity contribution is 5.93. The fourth-order valence-electron chi connectivity index (χ4n) is 5.89. The highest BCUT2D eigenvalue weighted by Gasteiger charge is 2.52. The second-order valence-corrected chi connectivity index (χ2v) is 8.58. The van der Waals surface area contributed by atoms with E-state index in [0.29, 0.717) is 11.7 Å². The highest BCUT2D eigenvalue weighted by atomic mass is 16.5. The van der Waals surface area contributed by atoms with E-state index in [2.05, 4.69) is 25.4 Å². The van der Waals surface area contributed by atoms with E-state index in [1.165, 1.54) is 25.5 Å². The van der Waals surface area contributed by atoms with Crippen molar-refractivity contribution in [3.8, 4) is 0 Å². The average molecular weight is 369 g/mol. The Kier molecular flexibility index (Phi) is 3.70. The number of nitrogens with one attached hydrogen (secondary N) is 2. The molecule has 8 heteroatoms. The number of carbonyl (C=O) groups is 1. The molecule has 0 unspecified atom stereocenters. The lowest BCUT2D eigenvalue weighted by Crippen LogP contribution is -2.50. The third-order valence-corrected chi connectivity index (χ3v) is 6.56. The zero-order valence-electron chi connectivity index (χ0n) is 15.3. The number of amides is 1. The summed E-state index contributed by atoms with van der Waals surface area (Å²) in [7, 11) is 0. The Morgan fingerprint density at radius 3 is 2.48 bits per heavy atom. The normalized spacial score (nSPS) is 31.2. The first-order valence-corrected chi connectivity index (χ1v) is 9.68. The van der Waals surface area contributed by atoms with Crippen molar-refractivity contribution in [3.05, 3.63) is 39.7 Å². The molecule has 1 amide bonds. The van der Waals surface area contributed by atoms with Crippen molar-refractivity contribution in [1.29, 1.82) is 0 Å². The topological polar surface area (TPSA) is 114 Å². The summed E-state index contributed by atoms with van der Waals surface area (Å²) < 4.78 is 4.87. The molecule has 4 aliphatic rings. The van der Waals surface area contributed by atoms with Gasteiger partial charge in [-0.05, 0) is 56.3 Å². The summed E-state index contributed by atoms with van der Waals surface area (Å²) >= 11 is 0. The van der Waals surface area contributed by atoms with Gasteiger partial charge in [0.05, 0.1) is 6.54 Å². The van der Waals surface area contributed by atoms with Crippen molar-refractivity contribution < 1.29 is 9.32 Å². The minimum Gasteiger partial charge on any atom is -0.344 e. The van der Waals surface area contributed by atoms with Crippen LogP contribution in [0.5, 0.6) is 0 Å². The van der Waals surface area contributed by atoms with Gasteiger partial charge < -0.3 is 14.8 Å². The maximum Gasteiger partial charge on any atom is 0.263 e. The number of carbonyl (C=O) groups excluding carboxylic acids is 1. The second kappa shape index (κ2) is 6.00. The van der Waals surface area contributed by atoms with E-state index in [4.69, 9.17) is 4.52 Å². The van der Waals surface area contributed by atoms with E-state index in [0.717, 1.165) is 42.8 Å². The molecule has 2 N–H and O–H groups in total. The van der Waals surface area contributed by atoms with Gasteiger partial charge in [-0.1, -0.05) is 5.16 Å². The fourth-order valence-corrected chi connectivity index (χ4v) is 5.89. The first-order chi connectivity index (χ1) is 13.0. The molecular weight excluding hydrogens is 346 g/mol. The molecule has 0 atom stereocenters. The molecule has 4 bridgehead atoms. The smallest absolute Gasteiger partial charge is 0.263 e. The van der Waals surface area contributed by atoms with Gasteiger partial charge in [0.1, 0.15) is 11.4 Å². The van der Waals surface area contributed by atoms with Crippen LogP contribution in [-0.4, -0.2) is 26.0 Å². The number of hydrogen-bond acceptors (Lipinski definition) is 6. The molecule has 2 aromatic heterocycles. The van der Waals surface area contributed by atoms with Crippen LogP contribution in [0.4, 0.5) is 0 Å². The minimum atomic E-state index is -0.483. The number of hydrogen-bond donors (Lipinski definition) is 2. The summed E-state index contributed by atoms with van der Waals surface area (Å²) in [6.07, 6.45) is 8.77. The van der Waals surface area contributed by atoms with Gasteiger partial charge in [0.2, 0.25) is 5.89 Å². The SMILES string of the molecule is Cc1nc(CNC(=O)c2cnc(C34CC5CC(CC(C5)C3)C4)[nH]c2=O)no1. The van der Waals surface area contributed by atoms with E-state index in [9.17, 15) is 9.59 Å². The Bertz CT molecular complexity index is 912. The summed E-state index contributed by atoms with van der Waals surface area (Å²) in [5, 5.41) is 6.36. The standard InChI is InChI=1S/C19H23N5O3/c1-10-22-15(24-27-10)9-20-16(25)14-8-21-18(23-17(14)26)19-5-11-2-12(6-19)4-13(3-11)7-19/h8,11-13H,2-7,9H2,1H3,(H,20,25)(H,21,23,26). The molecule has 0 spiro atoms. The van der Waals surface area contributed by atoms with Crippen molar-refractivity contribution >= 4 is 5.91 Å². The van der Waals surface area contributed by atoms with Gasteiger partial charge in [-0.2, -0.15) is 4.98 Å². The second-order valence-electron chi connectivity index (χ2n) is 8.58. The maximum atomic E-state index is 12.6. The lowest BCUT2D eigenvalue weighted by molar-refractivity contribution is -0.00953. The summed E-state index contributed by atoms with van der Waals surface area (Å²) in [6, 6.07) is 0. The Hall–Kier alpha value is -2.51. The van der Waals surface area contributed by atoms with Crippen LogP contribution in [0.2, 0.25) is 0 Å². The van der Waals surface area contributed by atoms with E-state index < -0.39 is 5.91 Å². The molecule has 27 heavy (non-hydrogen) atoms. The van der Waals surface area contributed by atoms with E-state index in [1.807, 2.05) is 0 Å². The molecule has 2 aromatic rings. The average Bonchev–Trinajstić information content (AvgIpc) is 3.04. The third kappa shape index (κ3) is 2.87. The molecule has 4 fully saturated rings. The quantitative estimate of drug-likeness (QED) is 0.850. The molecule has 2 heterocycles. The van der Waals surface area contributed by atoms with Crippen molar-refractivity contribution in [1.82, 2.24) is 25.4 Å². The minimum absolute atomic E-state index is 0.00504. The number of H-pyrrole nitrogens is 1. The van der Waals surface area contributed by atoms with Crippen LogP contribution < -0.4 is 10.9 Å². The van der Waals surface area contributed by atoms with E-state index in [-0.39, 0.29) is 23.1 Å². The summed E-state index contributed by atoms with van der Waals surface area (Å²) in [5.74, 6) is 3.39.